The second-order valence-corrected chi connectivity index (χ2v) is 8.10. The minimum absolute atomic E-state index is 0.154. The molecule has 0 atom stereocenters. The summed E-state index contributed by atoms with van der Waals surface area (Å²) in [7, 11) is -2.49. The molecule has 0 saturated carbocycles. The van der Waals surface area contributed by atoms with Gasteiger partial charge in [0.1, 0.15) is 11.5 Å². The molecule has 10 heteroatoms. The Morgan fingerprint density at radius 1 is 1.22 bits per heavy atom. The normalized spacial score (nSPS) is 14.3. The van der Waals surface area contributed by atoms with Gasteiger partial charge >= 0.3 is 0 Å². The Kier molecular flexibility index (Phi) is 5.57. The van der Waals surface area contributed by atoms with E-state index in [1.54, 1.807) is 6.20 Å². The summed E-state index contributed by atoms with van der Waals surface area (Å²) in [6, 6.07) is 7.64. The van der Waals surface area contributed by atoms with Gasteiger partial charge in [0.05, 0.1) is 9.82 Å². The number of aromatic nitrogens is 1. The van der Waals surface area contributed by atoms with Crippen LogP contribution in [0, 0.1) is 10.1 Å². The van der Waals surface area contributed by atoms with Crippen molar-refractivity contribution < 1.29 is 13.3 Å². The van der Waals surface area contributed by atoms with Gasteiger partial charge in [-0.25, -0.2) is 18.1 Å². The van der Waals surface area contributed by atoms with Crippen LogP contribution in [0.15, 0.2) is 41.4 Å². The minimum atomic E-state index is -3.75. The molecule has 9 nitrogen and oxygen atoms in total. The smallest absolute Gasteiger partial charge is 0.293 e. The largest absolute Gasteiger partial charge is 0.375 e. The van der Waals surface area contributed by atoms with E-state index in [-0.39, 0.29) is 16.3 Å². The van der Waals surface area contributed by atoms with Crippen LogP contribution in [-0.2, 0) is 16.6 Å². The molecule has 2 N–H and O–H groups in total. The molecule has 0 bridgehead atoms. The molecule has 2 heterocycles. The number of sulfonamides is 1. The Labute approximate surface area is 157 Å². The van der Waals surface area contributed by atoms with Gasteiger partial charge in [0.25, 0.3) is 5.69 Å². The molecular weight excluding hydrogens is 370 g/mol. The molecule has 1 aliphatic rings. The van der Waals surface area contributed by atoms with E-state index >= 15 is 0 Å². The Hall–Kier alpha value is -2.72. The number of nitro groups is 1. The molecule has 144 valence electrons. The Morgan fingerprint density at radius 3 is 2.56 bits per heavy atom. The molecule has 3 rings (SSSR count). The monoisotopic (exact) mass is 391 g/mol. The van der Waals surface area contributed by atoms with Gasteiger partial charge in [-0.15, -0.1) is 0 Å². The highest BCUT2D eigenvalue weighted by atomic mass is 32.2. The number of hydrogen-bond donors (Lipinski definition) is 2. The van der Waals surface area contributed by atoms with Crippen LogP contribution in [0.2, 0.25) is 0 Å². The number of benzene rings is 1. The summed E-state index contributed by atoms with van der Waals surface area (Å²) in [5, 5.41) is 14.3. The van der Waals surface area contributed by atoms with Crippen LogP contribution >= 0.6 is 0 Å². The van der Waals surface area contributed by atoms with Crippen molar-refractivity contribution in [3.05, 3.63) is 52.2 Å². The SMILES string of the molecule is CNS(=O)(=O)c1ccc(NCc2ccc(N3CCCC3)nc2)c([N+](=O)[O-])c1. The highest BCUT2D eigenvalue weighted by Crippen LogP contribution is 2.28. The van der Waals surface area contributed by atoms with Gasteiger partial charge in [-0.1, -0.05) is 6.07 Å². The summed E-state index contributed by atoms with van der Waals surface area (Å²) in [6.07, 6.45) is 4.09. The zero-order chi connectivity index (χ0) is 19.4. The molecule has 1 aromatic carbocycles. The van der Waals surface area contributed by atoms with Crippen molar-refractivity contribution in [3.8, 4) is 0 Å². The fourth-order valence-corrected chi connectivity index (χ4v) is 3.70. The lowest BCUT2D eigenvalue weighted by Gasteiger charge is -2.16. The predicted molar refractivity (Wildman–Crippen MR) is 102 cm³/mol. The van der Waals surface area contributed by atoms with Crippen LogP contribution in [0.1, 0.15) is 18.4 Å². The molecule has 2 aromatic rings. The fourth-order valence-electron chi connectivity index (χ4n) is 2.95. The van der Waals surface area contributed by atoms with Crippen molar-refractivity contribution in [2.75, 3.05) is 30.4 Å². The molecule has 0 aliphatic carbocycles. The van der Waals surface area contributed by atoms with Crippen molar-refractivity contribution in [1.82, 2.24) is 9.71 Å². The summed E-state index contributed by atoms with van der Waals surface area (Å²) in [4.78, 5) is 17.2. The third kappa shape index (κ3) is 4.34. The van der Waals surface area contributed by atoms with Crippen molar-refractivity contribution in [2.45, 2.75) is 24.3 Å². The topological polar surface area (TPSA) is 117 Å². The maximum absolute atomic E-state index is 11.8. The van der Waals surface area contributed by atoms with E-state index in [9.17, 15) is 18.5 Å². The van der Waals surface area contributed by atoms with Gasteiger partial charge < -0.3 is 10.2 Å². The predicted octanol–water partition coefficient (Wildman–Crippen LogP) is 2.11. The van der Waals surface area contributed by atoms with Gasteiger partial charge in [-0.2, -0.15) is 0 Å². The van der Waals surface area contributed by atoms with E-state index in [1.165, 1.54) is 32.0 Å². The summed E-state index contributed by atoms with van der Waals surface area (Å²) in [5.41, 5.74) is 0.825. The number of hydrogen-bond acceptors (Lipinski definition) is 7. The van der Waals surface area contributed by atoms with E-state index < -0.39 is 14.9 Å². The van der Waals surface area contributed by atoms with Crippen molar-refractivity contribution in [2.24, 2.45) is 0 Å². The maximum atomic E-state index is 11.8. The molecule has 1 saturated heterocycles. The van der Waals surface area contributed by atoms with E-state index in [0.29, 0.717) is 6.54 Å². The van der Waals surface area contributed by atoms with Crippen molar-refractivity contribution in [3.63, 3.8) is 0 Å². The second-order valence-electron chi connectivity index (χ2n) is 6.22. The number of nitrogens with zero attached hydrogens (tertiary/aromatic N) is 3. The zero-order valence-electron chi connectivity index (χ0n) is 14.9. The number of nitro benzene ring substituents is 1. The van der Waals surface area contributed by atoms with E-state index in [1.807, 2.05) is 12.1 Å². The molecule has 1 aliphatic heterocycles. The van der Waals surface area contributed by atoms with Gasteiger partial charge in [0, 0.05) is 31.9 Å². The van der Waals surface area contributed by atoms with Crippen LogP contribution in [0.25, 0.3) is 0 Å². The molecule has 27 heavy (non-hydrogen) atoms. The molecule has 0 radical (unpaired) electrons. The van der Waals surface area contributed by atoms with E-state index in [2.05, 4.69) is 19.9 Å². The first-order valence-electron chi connectivity index (χ1n) is 8.56. The van der Waals surface area contributed by atoms with Gasteiger partial charge in [-0.3, -0.25) is 10.1 Å². The summed E-state index contributed by atoms with van der Waals surface area (Å²) in [5.74, 6) is 0.934. The first kappa shape index (κ1) is 19.1. The quantitative estimate of drug-likeness (QED) is 0.548. The molecule has 0 unspecified atom stereocenters. The summed E-state index contributed by atoms with van der Waals surface area (Å²) < 4.78 is 25.8. The first-order chi connectivity index (χ1) is 12.9. The van der Waals surface area contributed by atoms with Crippen LogP contribution in [0.5, 0.6) is 0 Å². The van der Waals surface area contributed by atoms with Gasteiger partial charge in [0.15, 0.2) is 0 Å². The molecular formula is C17H21N5O4S. The van der Waals surface area contributed by atoms with Crippen LogP contribution in [0.4, 0.5) is 17.2 Å². The van der Waals surface area contributed by atoms with E-state index in [0.717, 1.165) is 30.5 Å². The third-order valence-corrected chi connectivity index (χ3v) is 5.88. The number of anilines is 2. The van der Waals surface area contributed by atoms with Crippen LogP contribution < -0.4 is 14.9 Å². The molecule has 1 aromatic heterocycles. The average Bonchev–Trinajstić information content (AvgIpc) is 3.21. The van der Waals surface area contributed by atoms with E-state index in [4.69, 9.17) is 0 Å². The van der Waals surface area contributed by atoms with Crippen LogP contribution in [0.3, 0.4) is 0 Å². The standard InChI is InChI=1S/C17H21N5O4S/c1-18-27(25,26)14-5-6-15(16(10-14)22(23)24)19-11-13-4-7-17(20-12-13)21-8-2-3-9-21/h4-7,10,12,18-19H,2-3,8-9,11H2,1H3. The Balaban J connectivity index is 1.74. The van der Waals surface area contributed by atoms with Gasteiger partial charge in [0.2, 0.25) is 10.0 Å². The Bertz CT molecular complexity index is 925. The molecule has 0 spiro atoms. The maximum Gasteiger partial charge on any atom is 0.293 e. The minimum Gasteiger partial charge on any atom is -0.375 e. The summed E-state index contributed by atoms with van der Waals surface area (Å²) >= 11 is 0. The van der Waals surface area contributed by atoms with Gasteiger partial charge in [-0.05, 0) is 43.7 Å². The lowest BCUT2D eigenvalue weighted by atomic mass is 10.2. The lowest BCUT2D eigenvalue weighted by molar-refractivity contribution is -0.384. The molecule has 0 amide bonds. The zero-order valence-corrected chi connectivity index (χ0v) is 15.7. The van der Waals surface area contributed by atoms with Crippen molar-refractivity contribution in [1.29, 1.82) is 0 Å². The molecule has 1 fully saturated rings. The highest BCUT2D eigenvalue weighted by Gasteiger charge is 2.20. The van der Waals surface area contributed by atoms with Crippen LogP contribution in [-0.4, -0.2) is 38.5 Å². The highest BCUT2D eigenvalue weighted by molar-refractivity contribution is 7.89. The lowest BCUT2D eigenvalue weighted by Crippen LogP contribution is -2.19. The number of rotatable bonds is 7. The number of pyridine rings is 1. The number of nitrogens with one attached hydrogen (secondary N) is 2. The van der Waals surface area contributed by atoms with Crippen molar-refractivity contribution >= 4 is 27.2 Å². The third-order valence-electron chi connectivity index (χ3n) is 4.47. The average molecular weight is 391 g/mol. The Morgan fingerprint density at radius 2 is 1.96 bits per heavy atom. The fraction of sp³-hybridized carbons (Fsp3) is 0.353. The second kappa shape index (κ2) is 7.89. The summed E-state index contributed by atoms with van der Waals surface area (Å²) in [6.45, 7) is 2.36. The first-order valence-corrected chi connectivity index (χ1v) is 10.0.